The lowest BCUT2D eigenvalue weighted by Crippen LogP contribution is -2.59. The van der Waals surface area contributed by atoms with Gasteiger partial charge < -0.3 is 40.7 Å². The van der Waals surface area contributed by atoms with E-state index < -0.39 is 60.3 Å². The van der Waals surface area contributed by atoms with Crippen LogP contribution in [0.5, 0.6) is 0 Å². The van der Waals surface area contributed by atoms with Gasteiger partial charge in [-0.3, -0.25) is 14.4 Å². The van der Waals surface area contributed by atoms with Crippen LogP contribution in [0.1, 0.15) is 42.1 Å². The zero-order valence-corrected chi connectivity index (χ0v) is 26.2. The van der Waals surface area contributed by atoms with Crippen molar-refractivity contribution < 1.29 is 39.2 Å². The van der Waals surface area contributed by atoms with Crippen LogP contribution < -0.4 is 16.0 Å². The van der Waals surface area contributed by atoms with Gasteiger partial charge in [0.25, 0.3) is 11.8 Å². The molecule has 246 valence electrons. The third kappa shape index (κ3) is 8.77. The van der Waals surface area contributed by atoms with Gasteiger partial charge in [-0.1, -0.05) is 98.8 Å². The van der Waals surface area contributed by atoms with E-state index in [1.807, 2.05) is 24.3 Å². The van der Waals surface area contributed by atoms with Crippen LogP contribution >= 0.6 is 0 Å². The number of ether oxygens (including phenoxy) is 2. The van der Waals surface area contributed by atoms with E-state index in [9.17, 15) is 29.7 Å². The van der Waals surface area contributed by atoms with Crippen LogP contribution in [0.25, 0.3) is 0 Å². The van der Waals surface area contributed by atoms with Gasteiger partial charge >= 0.3 is 0 Å². The SMILES string of the molecule is CNC(=O)C(NC(=O)C(OCc1ccccc1)C(O)C(O)C(OCc1ccccc1)C(=O)NC1c2ccccc2CC1O)C(C)C. The number of carbonyl (C=O) groups is 3. The Balaban J connectivity index is 1.60. The number of hydrogen-bond acceptors (Lipinski definition) is 8. The highest BCUT2D eigenvalue weighted by molar-refractivity contribution is 5.90. The van der Waals surface area contributed by atoms with Crippen molar-refractivity contribution in [3.63, 3.8) is 0 Å². The molecule has 0 fully saturated rings. The van der Waals surface area contributed by atoms with Crippen molar-refractivity contribution in [3.05, 3.63) is 107 Å². The molecular weight excluding hydrogens is 590 g/mol. The van der Waals surface area contributed by atoms with Gasteiger partial charge in [0.2, 0.25) is 5.91 Å². The Morgan fingerprint density at radius 2 is 1.26 bits per heavy atom. The molecule has 46 heavy (non-hydrogen) atoms. The molecule has 3 aromatic rings. The Labute approximate surface area is 268 Å². The Kier molecular flexibility index (Phi) is 12.4. The van der Waals surface area contributed by atoms with E-state index in [4.69, 9.17) is 9.47 Å². The van der Waals surface area contributed by atoms with Crippen molar-refractivity contribution in [1.29, 1.82) is 0 Å². The second kappa shape index (κ2) is 16.4. The summed E-state index contributed by atoms with van der Waals surface area (Å²) in [6, 6.07) is 23.5. The van der Waals surface area contributed by atoms with Crippen LogP contribution in [-0.2, 0) is 43.5 Å². The van der Waals surface area contributed by atoms with Crippen LogP contribution in [0.4, 0.5) is 0 Å². The molecule has 0 saturated carbocycles. The molecule has 0 spiro atoms. The number of fused-ring (bicyclic) bond motifs is 1. The molecule has 0 aromatic heterocycles. The van der Waals surface area contributed by atoms with Crippen LogP contribution in [-0.4, -0.2) is 76.7 Å². The van der Waals surface area contributed by atoms with Gasteiger partial charge in [0, 0.05) is 13.5 Å². The third-order valence-electron chi connectivity index (χ3n) is 8.03. The molecule has 7 unspecified atom stereocenters. The van der Waals surface area contributed by atoms with Gasteiger partial charge in [0.1, 0.15) is 18.2 Å². The zero-order valence-electron chi connectivity index (χ0n) is 26.2. The summed E-state index contributed by atoms with van der Waals surface area (Å²) >= 11 is 0. The van der Waals surface area contributed by atoms with Crippen LogP contribution in [0, 0.1) is 5.92 Å². The summed E-state index contributed by atoms with van der Waals surface area (Å²) in [6.45, 7) is 3.29. The van der Waals surface area contributed by atoms with Crippen LogP contribution in [0.2, 0.25) is 0 Å². The number of carbonyl (C=O) groups excluding carboxylic acids is 3. The van der Waals surface area contributed by atoms with Gasteiger partial charge in [0.05, 0.1) is 25.4 Å². The normalized spacial score (nSPS) is 18.9. The third-order valence-corrected chi connectivity index (χ3v) is 8.03. The van der Waals surface area contributed by atoms with Gasteiger partial charge in [-0.2, -0.15) is 0 Å². The largest absolute Gasteiger partial charge is 0.390 e. The maximum absolute atomic E-state index is 13.8. The molecule has 1 aliphatic rings. The second-order valence-corrected chi connectivity index (χ2v) is 11.7. The average Bonchev–Trinajstić information content (AvgIpc) is 3.38. The number of amides is 3. The number of benzene rings is 3. The first kappa shape index (κ1) is 34.7. The van der Waals surface area contributed by atoms with E-state index in [1.165, 1.54) is 7.05 Å². The van der Waals surface area contributed by atoms with Crippen LogP contribution in [0.15, 0.2) is 84.9 Å². The Morgan fingerprint density at radius 1 is 0.761 bits per heavy atom. The molecule has 7 atom stereocenters. The molecule has 3 amide bonds. The lowest BCUT2D eigenvalue weighted by atomic mass is 9.98. The van der Waals surface area contributed by atoms with Crippen molar-refractivity contribution in [1.82, 2.24) is 16.0 Å². The van der Waals surface area contributed by atoms with Gasteiger partial charge in [0.15, 0.2) is 12.2 Å². The molecule has 0 heterocycles. The number of rotatable bonds is 15. The molecule has 4 rings (SSSR count). The molecule has 6 N–H and O–H groups in total. The second-order valence-electron chi connectivity index (χ2n) is 11.7. The number of aliphatic hydroxyl groups excluding tert-OH is 3. The summed E-state index contributed by atoms with van der Waals surface area (Å²) in [6.07, 6.45) is -7.88. The lowest BCUT2D eigenvalue weighted by Gasteiger charge is -2.32. The number of aliphatic hydroxyl groups is 3. The molecule has 0 aliphatic heterocycles. The summed E-state index contributed by atoms with van der Waals surface area (Å²) < 4.78 is 11.8. The zero-order chi connectivity index (χ0) is 33.2. The van der Waals surface area contributed by atoms with Gasteiger partial charge in [-0.05, 0) is 28.2 Å². The minimum Gasteiger partial charge on any atom is -0.390 e. The monoisotopic (exact) mass is 633 g/mol. The maximum Gasteiger partial charge on any atom is 0.252 e. The predicted molar refractivity (Wildman–Crippen MR) is 170 cm³/mol. The fraction of sp³-hybridized carbons (Fsp3) is 0.400. The van der Waals surface area contributed by atoms with Crippen molar-refractivity contribution in [2.24, 2.45) is 5.92 Å². The minimum absolute atomic E-state index is 0.0969. The van der Waals surface area contributed by atoms with E-state index in [2.05, 4.69) is 16.0 Å². The van der Waals surface area contributed by atoms with E-state index >= 15 is 0 Å². The molecular formula is C35H43N3O8. The smallest absolute Gasteiger partial charge is 0.252 e. The number of likely N-dealkylation sites (N-methyl/N-ethyl adjacent to an activating group) is 1. The van der Waals surface area contributed by atoms with Gasteiger partial charge in [-0.25, -0.2) is 0 Å². The fourth-order valence-corrected chi connectivity index (χ4v) is 5.45. The molecule has 11 heteroatoms. The van der Waals surface area contributed by atoms with Crippen molar-refractivity contribution in [3.8, 4) is 0 Å². The highest BCUT2D eigenvalue weighted by Crippen LogP contribution is 2.31. The van der Waals surface area contributed by atoms with E-state index in [-0.39, 0.29) is 19.1 Å². The predicted octanol–water partition coefficient (Wildman–Crippen LogP) is 1.54. The fourth-order valence-electron chi connectivity index (χ4n) is 5.45. The summed E-state index contributed by atoms with van der Waals surface area (Å²) in [5, 5.41) is 41.7. The highest BCUT2D eigenvalue weighted by Gasteiger charge is 2.43. The highest BCUT2D eigenvalue weighted by atomic mass is 16.5. The number of nitrogens with one attached hydrogen (secondary N) is 3. The molecule has 0 bridgehead atoms. The van der Waals surface area contributed by atoms with Crippen molar-refractivity contribution in [2.45, 2.75) is 76.1 Å². The first-order valence-corrected chi connectivity index (χ1v) is 15.4. The first-order valence-electron chi connectivity index (χ1n) is 15.4. The Morgan fingerprint density at radius 3 is 1.78 bits per heavy atom. The topological polar surface area (TPSA) is 166 Å². The Hall–Kier alpha value is -4.13. The standard InChI is InChI=1S/C35H43N3O8/c1-21(2)27(33(42)36-3)37-34(43)31(45-19-22-12-6-4-7-13-22)29(40)30(41)32(46-20-23-14-8-5-9-15-23)35(44)38-28-25-17-11-10-16-24(25)18-26(28)39/h4-17,21,26-32,39-41H,18-20H2,1-3H3,(H,36,42)(H,37,43)(H,38,44). The van der Waals surface area contributed by atoms with Crippen LogP contribution in [0.3, 0.4) is 0 Å². The minimum atomic E-state index is -1.96. The summed E-state index contributed by atoms with van der Waals surface area (Å²) in [5.74, 6) is -2.41. The maximum atomic E-state index is 13.8. The quantitative estimate of drug-likeness (QED) is 0.147. The summed E-state index contributed by atoms with van der Waals surface area (Å²) in [7, 11) is 1.44. The average molecular weight is 634 g/mol. The molecule has 1 aliphatic carbocycles. The molecule has 0 radical (unpaired) electrons. The van der Waals surface area contributed by atoms with E-state index in [1.54, 1.807) is 74.5 Å². The lowest BCUT2D eigenvalue weighted by molar-refractivity contribution is -0.171. The summed E-state index contributed by atoms with van der Waals surface area (Å²) in [4.78, 5) is 39.9. The number of hydrogen-bond donors (Lipinski definition) is 6. The molecule has 0 saturated heterocycles. The van der Waals surface area contributed by atoms with E-state index in [0.29, 0.717) is 17.5 Å². The van der Waals surface area contributed by atoms with E-state index in [0.717, 1.165) is 11.1 Å². The van der Waals surface area contributed by atoms with Crippen molar-refractivity contribution >= 4 is 17.7 Å². The Bertz CT molecular complexity index is 1440. The van der Waals surface area contributed by atoms with Crippen molar-refractivity contribution in [2.75, 3.05) is 7.05 Å². The van der Waals surface area contributed by atoms with Gasteiger partial charge in [-0.15, -0.1) is 0 Å². The first-order chi connectivity index (χ1) is 22.1. The summed E-state index contributed by atoms with van der Waals surface area (Å²) in [5.41, 5.74) is 3.01. The molecule has 11 nitrogen and oxygen atoms in total. The molecule has 3 aromatic carbocycles.